The highest BCUT2D eigenvalue weighted by Crippen LogP contribution is 2.36. The summed E-state index contributed by atoms with van der Waals surface area (Å²) in [6, 6.07) is 6.31. The summed E-state index contributed by atoms with van der Waals surface area (Å²) in [5, 5.41) is 0. The number of carbonyl (C=O) groups excluding carboxylic acids is 1. The zero-order chi connectivity index (χ0) is 15.6. The van der Waals surface area contributed by atoms with Crippen molar-refractivity contribution >= 4 is 17.9 Å². The van der Waals surface area contributed by atoms with Gasteiger partial charge < -0.3 is 14.4 Å². The fourth-order valence-corrected chi connectivity index (χ4v) is 2.80. The molecule has 5 heteroatoms. The highest BCUT2D eigenvalue weighted by atomic mass is 32.2. The van der Waals surface area contributed by atoms with E-state index in [9.17, 15) is 4.79 Å². The average molecular weight is 309 g/mol. The summed E-state index contributed by atoms with van der Waals surface area (Å²) >= 11 is 1.71. The number of thioether (sulfide) groups is 1. The zero-order valence-electron chi connectivity index (χ0n) is 13.3. The van der Waals surface area contributed by atoms with Crippen LogP contribution in [-0.2, 0) is 11.2 Å². The summed E-state index contributed by atoms with van der Waals surface area (Å²) in [7, 11) is 1.78. The number of hydrogen-bond donors (Lipinski definition) is 0. The van der Waals surface area contributed by atoms with Gasteiger partial charge in [-0.25, -0.2) is 4.79 Å². The van der Waals surface area contributed by atoms with Crippen LogP contribution < -0.4 is 4.74 Å². The third kappa shape index (κ3) is 4.30. The van der Waals surface area contributed by atoms with Gasteiger partial charge in [0.05, 0.1) is 4.90 Å². The molecule has 0 N–H and O–H groups in total. The Morgan fingerprint density at radius 3 is 2.86 bits per heavy atom. The first-order valence-electron chi connectivity index (χ1n) is 7.10. The molecule has 0 saturated carbocycles. The summed E-state index contributed by atoms with van der Waals surface area (Å²) in [5.41, 5.74) is 0.697. The van der Waals surface area contributed by atoms with E-state index < -0.39 is 5.60 Å². The molecule has 1 aromatic carbocycles. The summed E-state index contributed by atoms with van der Waals surface area (Å²) in [4.78, 5) is 14.9. The van der Waals surface area contributed by atoms with Crippen LogP contribution in [-0.4, -0.2) is 35.6 Å². The Labute approximate surface area is 130 Å². The third-order valence-corrected chi connectivity index (χ3v) is 4.19. The normalized spacial score (nSPS) is 15.1. The molecule has 0 bridgehead atoms. The minimum atomic E-state index is -0.469. The molecule has 0 spiro atoms. The smallest absolute Gasteiger partial charge is 0.410 e. The number of amides is 1. The van der Waals surface area contributed by atoms with Gasteiger partial charge in [-0.2, -0.15) is 0 Å². The standard InChI is InChI=1S/C16H23NO3S/c1-11(17(5)15(18)20-16(2,3)4)8-12-6-7-14-13(9-12)19-10-21-14/h6-7,9,11H,8,10H2,1-5H3. The number of benzene rings is 1. The number of carbonyl (C=O) groups is 1. The topological polar surface area (TPSA) is 38.8 Å². The van der Waals surface area contributed by atoms with Gasteiger partial charge in [0.15, 0.2) is 0 Å². The van der Waals surface area contributed by atoms with E-state index in [1.807, 2.05) is 27.7 Å². The van der Waals surface area contributed by atoms with E-state index in [0.717, 1.165) is 12.2 Å². The van der Waals surface area contributed by atoms with Crippen LogP contribution in [0.25, 0.3) is 0 Å². The van der Waals surface area contributed by atoms with E-state index >= 15 is 0 Å². The molecule has 0 saturated heterocycles. The molecule has 4 nitrogen and oxygen atoms in total. The molecule has 1 aliphatic rings. The summed E-state index contributed by atoms with van der Waals surface area (Å²) < 4.78 is 10.9. The van der Waals surface area contributed by atoms with E-state index in [4.69, 9.17) is 9.47 Å². The van der Waals surface area contributed by atoms with Crippen LogP contribution in [0.15, 0.2) is 23.1 Å². The Hall–Kier alpha value is -1.36. The molecule has 21 heavy (non-hydrogen) atoms. The molecule has 0 radical (unpaired) electrons. The Balaban J connectivity index is 1.97. The monoisotopic (exact) mass is 309 g/mol. The van der Waals surface area contributed by atoms with Gasteiger partial charge in [-0.1, -0.05) is 17.8 Å². The van der Waals surface area contributed by atoms with E-state index in [2.05, 4.69) is 18.2 Å². The molecule has 0 fully saturated rings. The van der Waals surface area contributed by atoms with Crippen molar-refractivity contribution in [3.05, 3.63) is 23.8 Å². The van der Waals surface area contributed by atoms with Gasteiger partial charge in [-0.3, -0.25) is 0 Å². The maximum Gasteiger partial charge on any atom is 0.410 e. The Morgan fingerprint density at radius 2 is 2.19 bits per heavy atom. The SMILES string of the molecule is CC(Cc1ccc2c(c1)OCS2)N(C)C(=O)OC(C)(C)C. The molecule has 1 heterocycles. The van der Waals surface area contributed by atoms with Crippen molar-refractivity contribution in [2.45, 2.75) is 50.7 Å². The molecular formula is C16H23NO3S. The molecule has 0 aliphatic carbocycles. The lowest BCUT2D eigenvalue weighted by molar-refractivity contribution is 0.0236. The van der Waals surface area contributed by atoms with E-state index in [-0.39, 0.29) is 12.1 Å². The van der Waals surface area contributed by atoms with E-state index in [0.29, 0.717) is 5.94 Å². The Kier molecular flexibility index (Phi) is 4.71. The molecule has 1 aliphatic heterocycles. The van der Waals surface area contributed by atoms with Crippen molar-refractivity contribution < 1.29 is 14.3 Å². The van der Waals surface area contributed by atoms with Gasteiger partial charge in [-0.05, 0) is 51.8 Å². The zero-order valence-corrected chi connectivity index (χ0v) is 14.1. The number of likely N-dealkylation sites (N-methyl/N-ethyl adjacent to an activating group) is 1. The lowest BCUT2D eigenvalue weighted by atomic mass is 10.1. The maximum atomic E-state index is 12.1. The van der Waals surface area contributed by atoms with Gasteiger partial charge in [0.2, 0.25) is 0 Å². The minimum Gasteiger partial charge on any atom is -0.481 e. The van der Waals surface area contributed by atoms with Crippen LogP contribution >= 0.6 is 11.8 Å². The van der Waals surface area contributed by atoms with Gasteiger partial charge in [0.1, 0.15) is 17.3 Å². The van der Waals surface area contributed by atoms with Gasteiger partial charge in [0.25, 0.3) is 0 Å². The Morgan fingerprint density at radius 1 is 1.48 bits per heavy atom. The second-order valence-electron chi connectivity index (χ2n) is 6.33. The van der Waals surface area contributed by atoms with Crippen molar-refractivity contribution in [1.29, 1.82) is 0 Å². The van der Waals surface area contributed by atoms with E-state index in [1.54, 1.807) is 23.7 Å². The van der Waals surface area contributed by atoms with Crippen LogP contribution in [0.5, 0.6) is 5.75 Å². The summed E-state index contributed by atoms with van der Waals surface area (Å²) in [5.74, 6) is 1.64. The Bertz CT molecular complexity index is 525. The van der Waals surface area contributed by atoms with Crippen LogP contribution in [0.1, 0.15) is 33.3 Å². The predicted octanol–water partition coefficient (Wildman–Crippen LogP) is 3.93. The molecule has 2 rings (SSSR count). The van der Waals surface area contributed by atoms with Crippen molar-refractivity contribution in [2.75, 3.05) is 13.0 Å². The van der Waals surface area contributed by atoms with Crippen molar-refractivity contribution in [3.63, 3.8) is 0 Å². The van der Waals surface area contributed by atoms with Crippen molar-refractivity contribution in [1.82, 2.24) is 4.90 Å². The molecule has 0 aromatic heterocycles. The first kappa shape index (κ1) is 16.0. The number of nitrogens with zero attached hydrogens (tertiary/aromatic N) is 1. The first-order chi connectivity index (χ1) is 9.76. The van der Waals surface area contributed by atoms with Gasteiger partial charge >= 0.3 is 6.09 Å². The highest BCUT2D eigenvalue weighted by molar-refractivity contribution is 7.99. The number of rotatable bonds is 3. The highest BCUT2D eigenvalue weighted by Gasteiger charge is 2.23. The fraction of sp³-hybridized carbons (Fsp3) is 0.562. The maximum absolute atomic E-state index is 12.1. The molecule has 1 amide bonds. The lowest BCUT2D eigenvalue weighted by Crippen LogP contribution is -2.40. The summed E-state index contributed by atoms with van der Waals surface area (Å²) in [6.07, 6.45) is 0.486. The van der Waals surface area contributed by atoms with E-state index in [1.165, 1.54) is 10.5 Å². The summed E-state index contributed by atoms with van der Waals surface area (Å²) in [6.45, 7) is 7.64. The van der Waals surface area contributed by atoms with Crippen LogP contribution in [0, 0.1) is 0 Å². The first-order valence-corrected chi connectivity index (χ1v) is 8.09. The van der Waals surface area contributed by atoms with Crippen LogP contribution in [0.2, 0.25) is 0 Å². The molecule has 116 valence electrons. The van der Waals surface area contributed by atoms with Crippen molar-refractivity contribution in [3.8, 4) is 5.75 Å². The molecule has 1 aromatic rings. The van der Waals surface area contributed by atoms with Crippen LogP contribution in [0.4, 0.5) is 4.79 Å². The predicted molar refractivity (Wildman–Crippen MR) is 85.0 cm³/mol. The van der Waals surface area contributed by atoms with Gasteiger partial charge in [0, 0.05) is 13.1 Å². The molecule has 1 atom stereocenters. The lowest BCUT2D eigenvalue weighted by Gasteiger charge is -2.28. The third-order valence-electron chi connectivity index (χ3n) is 3.31. The van der Waals surface area contributed by atoms with Gasteiger partial charge in [-0.15, -0.1) is 0 Å². The molecular weight excluding hydrogens is 286 g/mol. The number of ether oxygens (including phenoxy) is 2. The second-order valence-corrected chi connectivity index (χ2v) is 7.30. The number of fused-ring (bicyclic) bond motifs is 1. The largest absolute Gasteiger partial charge is 0.481 e. The molecule has 1 unspecified atom stereocenters. The quantitative estimate of drug-likeness (QED) is 0.848. The minimum absolute atomic E-state index is 0.0620. The number of hydrogen-bond acceptors (Lipinski definition) is 4. The fourth-order valence-electron chi connectivity index (χ4n) is 2.06. The van der Waals surface area contributed by atoms with Crippen molar-refractivity contribution in [2.24, 2.45) is 0 Å². The second kappa shape index (κ2) is 6.18. The average Bonchev–Trinajstić information content (AvgIpc) is 2.83. The van der Waals surface area contributed by atoms with Crippen LogP contribution in [0.3, 0.4) is 0 Å².